The van der Waals surface area contributed by atoms with Crippen LogP contribution < -0.4 is 25.3 Å². The van der Waals surface area contributed by atoms with E-state index in [1.807, 2.05) is 0 Å². The molecule has 3 N–H and O–H groups in total. The van der Waals surface area contributed by atoms with Gasteiger partial charge in [-0.3, -0.25) is 4.79 Å². The van der Waals surface area contributed by atoms with Crippen molar-refractivity contribution < 1.29 is 43.1 Å². The lowest BCUT2D eigenvalue weighted by Gasteiger charge is -2.39. The normalized spacial score (nSPS) is 23.5. The molecule has 1 aliphatic heterocycles. The van der Waals surface area contributed by atoms with Crippen LogP contribution in [0, 0.1) is 6.92 Å². The number of aryl methyl sites for hydroxylation is 1. The van der Waals surface area contributed by atoms with Crippen molar-refractivity contribution in [1.29, 1.82) is 0 Å². The molecular weight excluding hydrogens is 500 g/mol. The van der Waals surface area contributed by atoms with Gasteiger partial charge in [-0.25, -0.2) is 4.79 Å². The lowest BCUT2D eigenvalue weighted by molar-refractivity contribution is -0.267. The predicted molar refractivity (Wildman–Crippen MR) is 135 cm³/mol. The van der Waals surface area contributed by atoms with Crippen LogP contribution in [0.2, 0.25) is 0 Å². The molecule has 4 aromatic rings. The lowest BCUT2D eigenvalue weighted by Crippen LogP contribution is -2.58. The third kappa shape index (κ3) is 4.39. The summed E-state index contributed by atoms with van der Waals surface area (Å²) in [5, 5.41) is 31.2. The molecule has 2 aromatic heterocycles. The number of aliphatic hydroxyl groups excluding tert-OH is 3. The zero-order chi connectivity index (χ0) is 27.3. The number of hydrogen-bond acceptors (Lipinski definition) is 11. The molecule has 38 heavy (non-hydrogen) atoms. The highest BCUT2D eigenvalue weighted by molar-refractivity contribution is 5.95. The number of hydrogen-bond donors (Lipinski definition) is 3. The highest BCUT2D eigenvalue weighted by Crippen LogP contribution is 2.37. The molecule has 0 unspecified atom stereocenters. The standard InChI is InChI=1S/C27H26O11/c1-11-5-21(29)38-26-15(11)6-13(33-3)7-16(26)18-10-17(28)22-19(36-18)8-14(34-4)9-20(22)37-27-25(32)24(31)23(30)12(2)35-27/h5-10,12,23-25,27,30-32H,1-4H3/t12-,23-,24+,25+,27+/m0/s1. The molecule has 1 fully saturated rings. The van der Waals surface area contributed by atoms with Crippen molar-refractivity contribution in [3.8, 4) is 28.6 Å². The number of benzene rings is 2. The number of methoxy groups -OCH3 is 2. The van der Waals surface area contributed by atoms with E-state index in [4.69, 9.17) is 27.8 Å². The molecule has 200 valence electrons. The second-order valence-electron chi connectivity index (χ2n) is 9.07. The average molecular weight is 526 g/mol. The Bertz CT molecular complexity index is 1640. The van der Waals surface area contributed by atoms with Crippen molar-refractivity contribution in [1.82, 2.24) is 0 Å². The molecule has 3 heterocycles. The van der Waals surface area contributed by atoms with Crippen LogP contribution in [0.15, 0.2) is 54.8 Å². The van der Waals surface area contributed by atoms with Gasteiger partial charge in [0.15, 0.2) is 5.43 Å². The van der Waals surface area contributed by atoms with Crippen LogP contribution in [-0.2, 0) is 4.74 Å². The number of ether oxygens (including phenoxy) is 4. The van der Waals surface area contributed by atoms with Crippen molar-refractivity contribution >= 4 is 21.9 Å². The van der Waals surface area contributed by atoms with Crippen molar-refractivity contribution in [2.45, 2.75) is 44.6 Å². The molecule has 0 spiro atoms. The van der Waals surface area contributed by atoms with Gasteiger partial charge in [0.05, 0.1) is 25.9 Å². The van der Waals surface area contributed by atoms with E-state index < -0.39 is 41.8 Å². The quantitative estimate of drug-likeness (QED) is 0.327. The molecule has 5 atom stereocenters. The average Bonchev–Trinajstić information content (AvgIpc) is 2.89. The van der Waals surface area contributed by atoms with E-state index in [2.05, 4.69) is 0 Å². The Morgan fingerprint density at radius 1 is 0.842 bits per heavy atom. The first kappa shape index (κ1) is 25.7. The van der Waals surface area contributed by atoms with Gasteiger partial charge in [0.1, 0.15) is 57.9 Å². The van der Waals surface area contributed by atoms with E-state index in [1.54, 1.807) is 19.1 Å². The molecule has 0 aliphatic carbocycles. The van der Waals surface area contributed by atoms with Crippen LogP contribution in [-0.4, -0.2) is 60.2 Å². The maximum absolute atomic E-state index is 13.4. The fourth-order valence-corrected chi connectivity index (χ4v) is 4.50. The van der Waals surface area contributed by atoms with Crippen molar-refractivity contribution in [2.24, 2.45) is 0 Å². The fraction of sp³-hybridized carbons (Fsp3) is 0.333. The first-order chi connectivity index (χ1) is 18.1. The highest BCUT2D eigenvalue weighted by Gasteiger charge is 2.43. The Morgan fingerprint density at radius 3 is 2.26 bits per heavy atom. The summed E-state index contributed by atoms with van der Waals surface area (Å²) in [4.78, 5) is 25.6. The summed E-state index contributed by atoms with van der Waals surface area (Å²) < 4.78 is 33.7. The number of aliphatic hydroxyl groups is 3. The Balaban J connectivity index is 1.68. The second-order valence-corrected chi connectivity index (χ2v) is 9.07. The number of rotatable bonds is 5. The Labute approximate surface area is 215 Å². The van der Waals surface area contributed by atoms with Gasteiger partial charge in [-0.15, -0.1) is 0 Å². The zero-order valence-electron chi connectivity index (χ0n) is 21.0. The van der Waals surface area contributed by atoms with E-state index in [0.29, 0.717) is 22.3 Å². The third-order valence-electron chi connectivity index (χ3n) is 6.58. The summed E-state index contributed by atoms with van der Waals surface area (Å²) in [6.07, 6.45) is -6.68. The minimum atomic E-state index is -1.59. The lowest BCUT2D eigenvalue weighted by atomic mass is 10.00. The van der Waals surface area contributed by atoms with Crippen LogP contribution in [0.3, 0.4) is 0 Å². The topological polar surface area (TPSA) is 158 Å². The van der Waals surface area contributed by atoms with E-state index in [0.717, 1.165) is 0 Å². The largest absolute Gasteiger partial charge is 0.497 e. The summed E-state index contributed by atoms with van der Waals surface area (Å²) in [5.74, 6) is 0.794. The van der Waals surface area contributed by atoms with Crippen molar-refractivity contribution in [3.63, 3.8) is 0 Å². The van der Waals surface area contributed by atoms with Gasteiger partial charge in [0.25, 0.3) is 0 Å². The van der Waals surface area contributed by atoms with E-state index >= 15 is 0 Å². The van der Waals surface area contributed by atoms with Gasteiger partial charge in [-0.05, 0) is 31.5 Å². The smallest absolute Gasteiger partial charge is 0.336 e. The van der Waals surface area contributed by atoms with Crippen LogP contribution >= 0.6 is 0 Å². The summed E-state index contributed by atoms with van der Waals surface area (Å²) in [6, 6.07) is 8.78. The van der Waals surface area contributed by atoms with E-state index in [-0.39, 0.29) is 33.8 Å². The first-order valence-corrected chi connectivity index (χ1v) is 11.8. The highest BCUT2D eigenvalue weighted by atomic mass is 16.7. The molecule has 0 saturated carbocycles. The zero-order valence-corrected chi connectivity index (χ0v) is 21.0. The van der Waals surface area contributed by atoms with Crippen molar-refractivity contribution in [3.05, 3.63) is 62.6 Å². The molecule has 0 radical (unpaired) electrons. The van der Waals surface area contributed by atoms with Gasteiger partial charge in [0.2, 0.25) is 6.29 Å². The molecule has 0 amide bonds. The molecular formula is C27H26O11. The van der Waals surface area contributed by atoms with Crippen LogP contribution in [0.4, 0.5) is 0 Å². The molecule has 5 rings (SSSR count). The van der Waals surface area contributed by atoms with Crippen molar-refractivity contribution in [2.75, 3.05) is 14.2 Å². The summed E-state index contributed by atoms with van der Waals surface area (Å²) in [5.41, 5.74) is 0.203. The van der Waals surface area contributed by atoms with E-state index in [9.17, 15) is 24.9 Å². The van der Waals surface area contributed by atoms with Crippen LogP contribution in [0.5, 0.6) is 17.2 Å². The summed E-state index contributed by atoms with van der Waals surface area (Å²) in [7, 11) is 2.90. The first-order valence-electron chi connectivity index (χ1n) is 11.8. The molecule has 11 heteroatoms. The molecule has 1 saturated heterocycles. The Hall–Kier alpha value is -3.90. The molecule has 0 bridgehead atoms. The SMILES string of the molecule is COc1cc(O[C@H]2O[C@@H](C)[C@H](O)[C@@H](O)[C@H]2O)c2c(=O)cc(-c3cc(OC)cc4c(C)cc(=O)oc34)oc2c1. The van der Waals surface area contributed by atoms with Gasteiger partial charge < -0.3 is 43.1 Å². The van der Waals surface area contributed by atoms with Gasteiger partial charge in [-0.2, -0.15) is 0 Å². The van der Waals surface area contributed by atoms with Crippen LogP contribution in [0.25, 0.3) is 33.3 Å². The Morgan fingerprint density at radius 2 is 1.55 bits per heavy atom. The predicted octanol–water partition coefficient (Wildman–Crippen LogP) is 2.10. The molecule has 2 aromatic carbocycles. The minimum Gasteiger partial charge on any atom is -0.497 e. The summed E-state index contributed by atoms with van der Waals surface area (Å²) in [6.45, 7) is 3.27. The van der Waals surface area contributed by atoms with Crippen LogP contribution in [0.1, 0.15) is 12.5 Å². The minimum absolute atomic E-state index is 0.0171. The third-order valence-corrected chi connectivity index (χ3v) is 6.58. The maximum atomic E-state index is 13.4. The fourth-order valence-electron chi connectivity index (χ4n) is 4.50. The van der Waals surface area contributed by atoms with Gasteiger partial charge >= 0.3 is 5.63 Å². The summed E-state index contributed by atoms with van der Waals surface area (Å²) >= 11 is 0. The second kappa shape index (κ2) is 9.76. The molecule has 1 aliphatic rings. The number of fused-ring (bicyclic) bond motifs is 2. The monoisotopic (exact) mass is 526 g/mol. The molecule has 11 nitrogen and oxygen atoms in total. The van der Waals surface area contributed by atoms with Gasteiger partial charge in [-0.1, -0.05) is 0 Å². The van der Waals surface area contributed by atoms with E-state index in [1.165, 1.54) is 45.4 Å². The Kier molecular flexibility index (Phi) is 6.61. The maximum Gasteiger partial charge on any atom is 0.336 e. The van der Waals surface area contributed by atoms with Gasteiger partial charge in [0, 0.05) is 29.7 Å².